The van der Waals surface area contributed by atoms with E-state index in [1.165, 1.54) is 22.2 Å². The van der Waals surface area contributed by atoms with Crippen LogP contribution in [-0.2, 0) is 12.7 Å². The quantitative estimate of drug-likeness (QED) is 0.861. The summed E-state index contributed by atoms with van der Waals surface area (Å²) in [4.78, 5) is 0.887. The predicted octanol–water partition coefficient (Wildman–Crippen LogP) is 2.32. The van der Waals surface area contributed by atoms with Gasteiger partial charge in [0, 0.05) is 22.0 Å². The van der Waals surface area contributed by atoms with Crippen LogP contribution >= 0.6 is 11.3 Å². The van der Waals surface area contributed by atoms with Crippen molar-refractivity contribution >= 4 is 11.3 Å². The molecule has 3 nitrogen and oxygen atoms in total. The third-order valence-electron chi connectivity index (χ3n) is 2.24. The van der Waals surface area contributed by atoms with Crippen LogP contribution in [0.4, 0.5) is 13.2 Å². The molecule has 0 saturated heterocycles. The lowest BCUT2D eigenvalue weighted by Gasteiger charge is -2.01. The number of hydrogen-bond acceptors (Lipinski definition) is 3. The van der Waals surface area contributed by atoms with Crippen molar-refractivity contribution in [1.82, 2.24) is 9.78 Å². The van der Waals surface area contributed by atoms with Crippen LogP contribution in [0.5, 0.6) is 0 Å². The Kier molecular flexibility index (Phi) is 3.93. The minimum atomic E-state index is -4.40. The summed E-state index contributed by atoms with van der Waals surface area (Å²) >= 11 is 1.43. The molecule has 0 bridgehead atoms. The fraction of sp³-hybridized carbons (Fsp3) is 0.250. The molecule has 2 N–H and O–H groups in total. The summed E-state index contributed by atoms with van der Waals surface area (Å²) in [5, 5.41) is 5.33. The van der Waals surface area contributed by atoms with Gasteiger partial charge in [0.1, 0.15) is 0 Å². The van der Waals surface area contributed by atoms with Gasteiger partial charge in [-0.05, 0) is 12.1 Å². The third-order valence-corrected chi connectivity index (χ3v) is 3.16. The first kappa shape index (κ1) is 13.6. The zero-order valence-electron chi connectivity index (χ0n) is 9.74. The minimum Gasteiger partial charge on any atom is -0.320 e. The highest BCUT2D eigenvalue weighted by Crippen LogP contribution is 2.27. The maximum absolute atomic E-state index is 12.4. The van der Waals surface area contributed by atoms with Crippen molar-refractivity contribution in [3.05, 3.63) is 39.8 Å². The molecular formula is C12H10F3N3S. The Morgan fingerprint density at radius 2 is 2.21 bits per heavy atom. The lowest BCUT2D eigenvalue weighted by Crippen LogP contribution is -2.08. The molecule has 0 fully saturated rings. The molecule has 0 saturated carbocycles. The molecule has 2 aromatic rings. The van der Waals surface area contributed by atoms with Crippen LogP contribution < -0.4 is 5.73 Å². The highest BCUT2D eigenvalue weighted by atomic mass is 32.1. The molecule has 0 spiro atoms. The highest BCUT2D eigenvalue weighted by Gasteiger charge is 2.33. The second kappa shape index (κ2) is 5.47. The number of nitrogens with two attached hydrogens (primary N) is 1. The Morgan fingerprint density at radius 1 is 1.42 bits per heavy atom. The SMILES string of the molecule is NCC#Cc1csc(Cn2ccc(C(F)(F)F)n2)c1. The first-order valence-electron chi connectivity index (χ1n) is 5.36. The second-order valence-corrected chi connectivity index (χ2v) is 4.70. The van der Waals surface area contributed by atoms with Crippen molar-refractivity contribution in [2.45, 2.75) is 12.7 Å². The maximum Gasteiger partial charge on any atom is 0.435 e. The molecule has 0 radical (unpaired) electrons. The molecule has 2 heterocycles. The second-order valence-electron chi connectivity index (χ2n) is 3.70. The first-order chi connectivity index (χ1) is 8.99. The number of hydrogen-bond donors (Lipinski definition) is 1. The van der Waals surface area contributed by atoms with Gasteiger partial charge in [-0.2, -0.15) is 18.3 Å². The molecule has 0 aliphatic heterocycles. The van der Waals surface area contributed by atoms with Gasteiger partial charge in [-0.1, -0.05) is 11.8 Å². The number of halogens is 3. The molecule has 0 unspecified atom stereocenters. The number of nitrogens with zero attached hydrogens (tertiary/aromatic N) is 2. The lowest BCUT2D eigenvalue weighted by atomic mass is 10.3. The van der Waals surface area contributed by atoms with E-state index in [1.54, 1.807) is 0 Å². The van der Waals surface area contributed by atoms with Crippen molar-refractivity contribution in [2.75, 3.05) is 6.54 Å². The van der Waals surface area contributed by atoms with Crippen molar-refractivity contribution in [1.29, 1.82) is 0 Å². The number of rotatable bonds is 2. The lowest BCUT2D eigenvalue weighted by molar-refractivity contribution is -0.141. The van der Waals surface area contributed by atoms with E-state index in [0.717, 1.165) is 16.5 Å². The van der Waals surface area contributed by atoms with Gasteiger partial charge in [-0.3, -0.25) is 4.68 Å². The molecule has 2 rings (SSSR count). The molecule has 7 heteroatoms. The molecule has 0 atom stereocenters. The fourth-order valence-corrected chi connectivity index (χ4v) is 2.25. The summed E-state index contributed by atoms with van der Waals surface area (Å²) < 4.78 is 38.4. The minimum absolute atomic E-state index is 0.277. The van der Waals surface area contributed by atoms with Gasteiger partial charge in [0.15, 0.2) is 5.69 Å². The van der Waals surface area contributed by atoms with Crippen LogP contribution in [0.3, 0.4) is 0 Å². The Balaban J connectivity index is 2.09. The summed E-state index contributed by atoms with van der Waals surface area (Å²) in [6.45, 7) is 0.574. The predicted molar refractivity (Wildman–Crippen MR) is 66.6 cm³/mol. The van der Waals surface area contributed by atoms with Crippen LogP contribution in [0.1, 0.15) is 16.1 Å². The van der Waals surface area contributed by atoms with Crippen LogP contribution in [0.2, 0.25) is 0 Å². The van der Waals surface area contributed by atoms with E-state index in [1.807, 2.05) is 11.4 Å². The normalized spacial score (nSPS) is 11.2. The van der Waals surface area contributed by atoms with Gasteiger partial charge < -0.3 is 5.73 Å². The standard InChI is InChI=1S/C12H10F3N3S/c13-12(14,15)11-3-5-18(17-11)7-10-6-9(8-19-10)2-1-4-16/h3,5-6,8H,4,7,16H2. The average molecular weight is 285 g/mol. The highest BCUT2D eigenvalue weighted by molar-refractivity contribution is 7.10. The molecule has 0 aromatic carbocycles. The Hall–Kier alpha value is -1.78. The maximum atomic E-state index is 12.4. The van der Waals surface area contributed by atoms with E-state index in [9.17, 15) is 13.2 Å². The van der Waals surface area contributed by atoms with Gasteiger partial charge in [0.25, 0.3) is 0 Å². The number of thiophene rings is 1. The summed E-state index contributed by atoms with van der Waals surface area (Å²) in [6, 6.07) is 2.78. The van der Waals surface area contributed by atoms with Crippen molar-refractivity contribution in [3.63, 3.8) is 0 Å². The largest absolute Gasteiger partial charge is 0.435 e. The van der Waals surface area contributed by atoms with Crippen LogP contribution in [0, 0.1) is 11.8 Å². The number of aromatic nitrogens is 2. The summed E-state index contributed by atoms with van der Waals surface area (Å²) in [6.07, 6.45) is -3.09. The zero-order valence-corrected chi connectivity index (χ0v) is 10.6. The van der Waals surface area contributed by atoms with E-state index in [2.05, 4.69) is 16.9 Å². The van der Waals surface area contributed by atoms with Crippen LogP contribution in [-0.4, -0.2) is 16.3 Å². The van der Waals surface area contributed by atoms with E-state index in [4.69, 9.17) is 5.73 Å². The van der Waals surface area contributed by atoms with Crippen molar-refractivity contribution in [2.24, 2.45) is 5.73 Å². The van der Waals surface area contributed by atoms with Gasteiger partial charge >= 0.3 is 6.18 Å². The Bertz CT molecular complexity index is 616. The summed E-state index contributed by atoms with van der Waals surface area (Å²) in [7, 11) is 0. The van der Waals surface area contributed by atoms with E-state index >= 15 is 0 Å². The summed E-state index contributed by atoms with van der Waals surface area (Å²) in [5.74, 6) is 5.58. The average Bonchev–Trinajstić information content (AvgIpc) is 2.95. The van der Waals surface area contributed by atoms with Gasteiger partial charge in [-0.25, -0.2) is 0 Å². The van der Waals surface area contributed by atoms with E-state index < -0.39 is 11.9 Å². The van der Waals surface area contributed by atoms with Gasteiger partial charge in [-0.15, -0.1) is 11.3 Å². The smallest absolute Gasteiger partial charge is 0.320 e. The molecule has 100 valence electrons. The van der Waals surface area contributed by atoms with E-state index in [0.29, 0.717) is 6.54 Å². The molecule has 0 aliphatic rings. The topological polar surface area (TPSA) is 43.8 Å². The molecule has 0 aliphatic carbocycles. The van der Waals surface area contributed by atoms with Crippen molar-refractivity contribution in [3.8, 4) is 11.8 Å². The van der Waals surface area contributed by atoms with Crippen molar-refractivity contribution < 1.29 is 13.2 Å². The molecule has 2 aromatic heterocycles. The number of alkyl halides is 3. The van der Waals surface area contributed by atoms with Gasteiger partial charge in [0.05, 0.1) is 13.1 Å². The first-order valence-corrected chi connectivity index (χ1v) is 6.24. The monoisotopic (exact) mass is 285 g/mol. The Morgan fingerprint density at radius 3 is 2.84 bits per heavy atom. The fourth-order valence-electron chi connectivity index (χ4n) is 1.44. The molecule has 19 heavy (non-hydrogen) atoms. The van der Waals surface area contributed by atoms with Crippen LogP contribution in [0.15, 0.2) is 23.7 Å². The summed E-state index contributed by atoms with van der Waals surface area (Å²) in [5.41, 5.74) is 5.19. The van der Waals surface area contributed by atoms with Crippen LogP contribution in [0.25, 0.3) is 0 Å². The molecular weight excluding hydrogens is 275 g/mol. The zero-order chi connectivity index (χ0) is 13.9. The third kappa shape index (κ3) is 3.59. The van der Waals surface area contributed by atoms with E-state index in [-0.39, 0.29) is 6.54 Å². The Labute approximate surface area is 111 Å². The molecule has 0 amide bonds. The van der Waals surface area contributed by atoms with Gasteiger partial charge in [0.2, 0.25) is 0 Å².